The van der Waals surface area contributed by atoms with Gasteiger partial charge in [-0.2, -0.15) is 0 Å². The second kappa shape index (κ2) is 5.78. The third-order valence-corrected chi connectivity index (χ3v) is 4.63. The molecule has 2 aliphatic rings. The van der Waals surface area contributed by atoms with Gasteiger partial charge in [0.05, 0.1) is 28.7 Å². The molecule has 5 heteroatoms. The molecule has 1 aliphatic heterocycles. The van der Waals surface area contributed by atoms with Crippen LogP contribution in [-0.4, -0.2) is 18.3 Å². The van der Waals surface area contributed by atoms with Crippen LogP contribution in [0.1, 0.15) is 37.7 Å². The molecule has 3 N–H and O–H groups in total. The number of aliphatic hydroxyl groups excluding tert-OH is 1. The first kappa shape index (κ1) is 14.5. The molecule has 21 heavy (non-hydrogen) atoms. The van der Waals surface area contributed by atoms with Gasteiger partial charge < -0.3 is 20.5 Å². The van der Waals surface area contributed by atoms with Crippen LogP contribution in [0.25, 0.3) is 0 Å². The average Bonchev–Trinajstić information content (AvgIpc) is 2.48. The van der Waals surface area contributed by atoms with Gasteiger partial charge in [-0.05, 0) is 25.0 Å². The highest BCUT2D eigenvalue weighted by Gasteiger charge is 2.41. The Balaban J connectivity index is 2.11. The zero-order chi connectivity index (χ0) is 14.9. The topological polar surface area (TPSA) is 53.5 Å². The summed E-state index contributed by atoms with van der Waals surface area (Å²) in [7, 11) is 0. The number of ether oxygens (including phenoxy) is 1. The molecule has 0 bridgehead atoms. The first-order chi connectivity index (χ1) is 10.2. The lowest BCUT2D eigenvalue weighted by Crippen LogP contribution is -2.48. The molecule has 1 aromatic carbocycles. The fourth-order valence-corrected chi connectivity index (χ4v) is 3.70. The maximum atomic E-state index is 9.03. The highest BCUT2D eigenvalue weighted by atomic mass is 35.5. The number of hydrogen-bond acceptors (Lipinski definition) is 4. The van der Waals surface area contributed by atoms with Gasteiger partial charge in [0, 0.05) is 5.56 Å². The molecule has 4 nitrogen and oxygen atoms in total. The lowest BCUT2D eigenvalue weighted by molar-refractivity contribution is 0.190. The number of fused-ring (bicyclic) bond motifs is 2. The number of nitrogens with one attached hydrogen (secondary N) is 2. The van der Waals surface area contributed by atoms with E-state index in [4.69, 9.17) is 21.4 Å². The Bertz CT molecular complexity index is 553. The van der Waals surface area contributed by atoms with Gasteiger partial charge in [0.25, 0.3) is 0 Å². The minimum absolute atomic E-state index is 0.00202. The minimum atomic E-state index is -0.161. The van der Waals surface area contributed by atoms with Crippen LogP contribution in [0.15, 0.2) is 24.5 Å². The Morgan fingerprint density at radius 3 is 2.76 bits per heavy atom. The van der Waals surface area contributed by atoms with E-state index in [9.17, 15) is 0 Å². The molecule has 1 heterocycles. The van der Waals surface area contributed by atoms with Gasteiger partial charge in [0.2, 0.25) is 0 Å². The van der Waals surface area contributed by atoms with Gasteiger partial charge in [-0.25, -0.2) is 0 Å². The van der Waals surface area contributed by atoms with E-state index < -0.39 is 0 Å². The molecular weight excluding hydrogens is 288 g/mol. The van der Waals surface area contributed by atoms with Crippen molar-refractivity contribution in [2.45, 2.75) is 37.6 Å². The lowest BCUT2D eigenvalue weighted by atomic mass is 9.74. The molecule has 0 atom stereocenters. The van der Waals surface area contributed by atoms with E-state index in [2.05, 4.69) is 17.2 Å². The average molecular weight is 309 g/mol. The molecule has 3 rings (SSSR count). The van der Waals surface area contributed by atoms with Crippen LogP contribution >= 0.6 is 11.6 Å². The summed E-state index contributed by atoms with van der Waals surface area (Å²) >= 11 is 6.38. The number of rotatable bonds is 3. The van der Waals surface area contributed by atoms with Crippen LogP contribution < -0.4 is 15.4 Å². The van der Waals surface area contributed by atoms with Crippen molar-refractivity contribution in [3.63, 3.8) is 0 Å². The van der Waals surface area contributed by atoms with Gasteiger partial charge in [0.1, 0.15) is 12.4 Å². The number of anilines is 1. The fraction of sp³-hybridized carbons (Fsp3) is 0.500. The second-order valence-corrected chi connectivity index (χ2v) is 6.15. The fourth-order valence-electron chi connectivity index (χ4n) is 3.50. The third kappa shape index (κ3) is 2.58. The minimum Gasteiger partial charge on any atom is -0.491 e. The summed E-state index contributed by atoms with van der Waals surface area (Å²) in [6, 6.07) is 3.72. The molecule has 1 spiro atoms. The van der Waals surface area contributed by atoms with Crippen molar-refractivity contribution in [1.82, 2.24) is 5.32 Å². The lowest BCUT2D eigenvalue weighted by Gasteiger charge is -2.45. The Morgan fingerprint density at radius 1 is 1.29 bits per heavy atom. The van der Waals surface area contributed by atoms with E-state index in [-0.39, 0.29) is 18.8 Å². The van der Waals surface area contributed by atoms with E-state index in [1.807, 2.05) is 12.1 Å². The van der Waals surface area contributed by atoms with Gasteiger partial charge in [-0.3, -0.25) is 0 Å². The summed E-state index contributed by atoms with van der Waals surface area (Å²) in [5.74, 6) is 1.57. The summed E-state index contributed by atoms with van der Waals surface area (Å²) < 4.78 is 5.75. The van der Waals surface area contributed by atoms with Crippen molar-refractivity contribution in [2.24, 2.45) is 0 Å². The molecular formula is C16H21ClN2O2. The zero-order valence-electron chi connectivity index (χ0n) is 12.0. The molecule has 114 valence electrons. The largest absolute Gasteiger partial charge is 0.491 e. The first-order valence-corrected chi connectivity index (χ1v) is 7.85. The molecule has 0 saturated heterocycles. The van der Waals surface area contributed by atoms with Gasteiger partial charge in [0.15, 0.2) is 0 Å². The van der Waals surface area contributed by atoms with Crippen molar-refractivity contribution in [3.8, 4) is 5.75 Å². The van der Waals surface area contributed by atoms with E-state index in [1.165, 1.54) is 19.3 Å². The van der Waals surface area contributed by atoms with Gasteiger partial charge in [-0.1, -0.05) is 37.4 Å². The number of halogens is 1. The maximum absolute atomic E-state index is 9.03. The molecule has 0 unspecified atom stereocenters. The summed E-state index contributed by atoms with van der Waals surface area (Å²) in [5.41, 5.74) is 1.80. The molecule has 1 aliphatic carbocycles. The van der Waals surface area contributed by atoms with Crippen LogP contribution in [0.4, 0.5) is 5.69 Å². The van der Waals surface area contributed by atoms with Crippen LogP contribution in [-0.2, 0) is 5.54 Å². The van der Waals surface area contributed by atoms with Crippen molar-refractivity contribution < 1.29 is 9.84 Å². The van der Waals surface area contributed by atoms with Crippen molar-refractivity contribution in [3.05, 3.63) is 35.1 Å². The molecule has 1 saturated carbocycles. The predicted molar refractivity (Wildman–Crippen MR) is 84.7 cm³/mol. The highest BCUT2D eigenvalue weighted by molar-refractivity contribution is 6.33. The maximum Gasteiger partial charge on any atom is 0.127 e. The Kier molecular flexibility index (Phi) is 4.00. The molecule has 0 amide bonds. The van der Waals surface area contributed by atoms with Crippen LogP contribution in [0, 0.1) is 0 Å². The third-order valence-electron chi connectivity index (χ3n) is 4.32. The Hall–Kier alpha value is -1.39. The van der Waals surface area contributed by atoms with E-state index in [0.29, 0.717) is 5.02 Å². The molecule has 0 aromatic heterocycles. The van der Waals surface area contributed by atoms with Crippen LogP contribution in [0.2, 0.25) is 5.02 Å². The zero-order valence-corrected chi connectivity index (χ0v) is 12.8. The van der Waals surface area contributed by atoms with Crippen LogP contribution in [0.3, 0.4) is 0 Å². The molecule has 0 radical (unpaired) electrons. The summed E-state index contributed by atoms with van der Waals surface area (Å²) in [4.78, 5) is 0. The van der Waals surface area contributed by atoms with E-state index in [0.717, 1.165) is 35.7 Å². The van der Waals surface area contributed by atoms with Crippen molar-refractivity contribution in [2.75, 3.05) is 18.5 Å². The SMILES string of the molecule is C=C1Nc2c(Cl)ccc(OCCO)c2C2(CCCCC2)N1. The number of benzene rings is 1. The standard InChI is InChI=1S/C16H21ClN2O2/c1-11-18-15-12(17)5-6-13(21-10-9-20)14(15)16(19-11)7-3-2-4-8-16/h5-6,18-20H,1-4,7-10H2. The summed E-state index contributed by atoms with van der Waals surface area (Å²) in [5, 5.41) is 16.5. The predicted octanol–water partition coefficient (Wildman–Crippen LogP) is 3.36. The Labute approximate surface area is 130 Å². The van der Waals surface area contributed by atoms with Crippen molar-refractivity contribution >= 4 is 17.3 Å². The second-order valence-electron chi connectivity index (χ2n) is 5.74. The van der Waals surface area contributed by atoms with Gasteiger partial charge >= 0.3 is 0 Å². The van der Waals surface area contributed by atoms with E-state index in [1.54, 1.807) is 0 Å². The monoisotopic (exact) mass is 308 g/mol. The summed E-state index contributed by atoms with van der Waals surface area (Å²) in [6.07, 6.45) is 5.68. The molecule has 1 aromatic rings. The van der Waals surface area contributed by atoms with Crippen molar-refractivity contribution in [1.29, 1.82) is 0 Å². The quantitative estimate of drug-likeness (QED) is 0.801. The highest BCUT2D eigenvalue weighted by Crippen LogP contribution is 2.49. The summed E-state index contributed by atoms with van der Waals surface area (Å²) in [6.45, 7) is 4.31. The van der Waals surface area contributed by atoms with E-state index >= 15 is 0 Å². The first-order valence-electron chi connectivity index (χ1n) is 7.47. The number of hydrogen-bond donors (Lipinski definition) is 3. The molecule has 1 fully saturated rings. The normalized spacial score (nSPS) is 19.6. The Morgan fingerprint density at radius 2 is 2.05 bits per heavy atom. The van der Waals surface area contributed by atoms with Gasteiger partial charge in [-0.15, -0.1) is 0 Å². The smallest absolute Gasteiger partial charge is 0.127 e. The van der Waals surface area contributed by atoms with Crippen LogP contribution in [0.5, 0.6) is 5.75 Å². The number of aliphatic hydroxyl groups is 1.